The minimum absolute atomic E-state index is 0.0668. The van der Waals surface area contributed by atoms with Gasteiger partial charge in [0.15, 0.2) is 0 Å². The molecule has 0 aliphatic carbocycles. The van der Waals surface area contributed by atoms with Gasteiger partial charge in [0, 0.05) is 13.8 Å². The highest BCUT2D eigenvalue weighted by atomic mass is 127. The summed E-state index contributed by atoms with van der Waals surface area (Å²) < 4.78 is 12.0. The zero-order valence-corrected chi connectivity index (χ0v) is 23.7. The number of rotatable bonds is 8. The van der Waals surface area contributed by atoms with Crippen LogP contribution in [0.3, 0.4) is 0 Å². The highest BCUT2D eigenvalue weighted by molar-refractivity contribution is 14.1. The number of carbonyl (C=O) groups is 4. The second-order valence-electron chi connectivity index (χ2n) is 6.94. The molecule has 166 valence electrons. The first-order valence-corrected chi connectivity index (χ1v) is 12.2. The second kappa shape index (κ2) is 11.8. The van der Waals surface area contributed by atoms with Crippen LogP contribution in [0.1, 0.15) is 51.4 Å². The van der Waals surface area contributed by atoms with Crippen LogP contribution in [0.4, 0.5) is 11.4 Å². The molecule has 0 heterocycles. The van der Waals surface area contributed by atoms with Crippen molar-refractivity contribution in [3.05, 3.63) is 16.3 Å². The third-order valence-electron chi connectivity index (χ3n) is 4.11. The lowest BCUT2D eigenvalue weighted by molar-refractivity contribution is -0.155. The van der Waals surface area contributed by atoms with Gasteiger partial charge in [0.05, 0.1) is 33.1 Å². The molecule has 0 aliphatic rings. The summed E-state index contributed by atoms with van der Waals surface area (Å²) in [6.45, 7) is 7.98. The van der Waals surface area contributed by atoms with E-state index in [-0.39, 0.29) is 36.6 Å². The van der Waals surface area contributed by atoms with Crippen molar-refractivity contribution in [1.82, 2.24) is 0 Å². The summed E-state index contributed by atoms with van der Waals surface area (Å²) in [6, 6.07) is 0. The fraction of sp³-hybridized carbons (Fsp3) is 0.474. The Labute approximate surface area is 216 Å². The Bertz CT molecular complexity index is 827. The van der Waals surface area contributed by atoms with E-state index in [0.29, 0.717) is 28.5 Å². The molecule has 0 unspecified atom stereocenters. The number of amides is 2. The Kier molecular flexibility index (Phi) is 10.7. The highest BCUT2D eigenvalue weighted by Crippen LogP contribution is 2.39. The maximum absolute atomic E-state index is 12.8. The number of benzene rings is 1. The number of halogens is 3. The summed E-state index contributed by atoms with van der Waals surface area (Å²) in [5, 5.41) is 5.39. The van der Waals surface area contributed by atoms with Crippen LogP contribution in [0, 0.1) is 16.1 Å². The molecule has 0 bridgehead atoms. The molecular formula is C19H23I3N2O6. The van der Waals surface area contributed by atoms with Crippen molar-refractivity contribution < 1.29 is 28.7 Å². The topological polar surface area (TPSA) is 111 Å². The van der Waals surface area contributed by atoms with Gasteiger partial charge < -0.3 is 20.1 Å². The van der Waals surface area contributed by atoms with E-state index in [1.807, 2.05) is 74.7 Å². The van der Waals surface area contributed by atoms with Crippen molar-refractivity contribution in [2.24, 2.45) is 5.41 Å². The Morgan fingerprint density at radius 2 is 1.27 bits per heavy atom. The largest absolute Gasteiger partial charge is 0.462 e. The van der Waals surface area contributed by atoms with Gasteiger partial charge in [-0.1, -0.05) is 6.92 Å². The third kappa shape index (κ3) is 7.17. The minimum atomic E-state index is -0.649. The zero-order valence-electron chi connectivity index (χ0n) is 17.2. The van der Waals surface area contributed by atoms with E-state index in [2.05, 4.69) is 10.6 Å². The van der Waals surface area contributed by atoms with Crippen molar-refractivity contribution in [3.63, 3.8) is 0 Å². The van der Waals surface area contributed by atoms with Crippen LogP contribution in [-0.2, 0) is 23.9 Å². The molecule has 1 aromatic rings. The lowest BCUT2D eigenvalue weighted by Gasteiger charge is -2.21. The van der Waals surface area contributed by atoms with Crippen molar-refractivity contribution >= 4 is 103 Å². The molecule has 0 radical (unpaired) electrons. The predicted molar refractivity (Wildman–Crippen MR) is 139 cm³/mol. The first-order valence-electron chi connectivity index (χ1n) is 8.93. The normalized spacial score (nSPS) is 10.9. The molecule has 0 atom stereocenters. The quantitative estimate of drug-likeness (QED) is 0.229. The van der Waals surface area contributed by atoms with E-state index >= 15 is 0 Å². The van der Waals surface area contributed by atoms with Gasteiger partial charge in [0.25, 0.3) is 0 Å². The molecular weight excluding hydrogens is 733 g/mol. The van der Waals surface area contributed by atoms with Crippen LogP contribution in [0.25, 0.3) is 0 Å². The van der Waals surface area contributed by atoms with Crippen molar-refractivity contribution in [2.75, 3.05) is 23.8 Å². The van der Waals surface area contributed by atoms with E-state index in [9.17, 15) is 19.2 Å². The Balaban J connectivity index is 3.11. The maximum Gasteiger partial charge on any atom is 0.340 e. The van der Waals surface area contributed by atoms with Crippen LogP contribution >= 0.6 is 67.8 Å². The minimum Gasteiger partial charge on any atom is -0.462 e. The number of carbonyl (C=O) groups excluding carboxylic acids is 4. The maximum atomic E-state index is 12.8. The number of nitrogens with one attached hydrogen (secondary N) is 2. The van der Waals surface area contributed by atoms with Gasteiger partial charge in [-0.05, 0) is 88.0 Å². The van der Waals surface area contributed by atoms with E-state index in [1.54, 1.807) is 13.8 Å². The van der Waals surface area contributed by atoms with Gasteiger partial charge >= 0.3 is 11.9 Å². The fourth-order valence-corrected chi connectivity index (χ4v) is 6.24. The average Bonchev–Trinajstić information content (AvgIpc) is 2.65. The van der Waals surface area contributed by atoms with Crippen LogP contribution < -0.4 is 10.6 Å². The van der Waals surface area contributed by atoms with Gasteiger partial charge in [-0.3, -0.25) is 14.4 Å². The third-order valence-corrected chi connectivity index (χ3v) is 7.35. The molecule has 2 amide bonds. The molecule has 2 N–H and O–H groups in total. The number of hydrogen-bond donors (Lipinski definition) is 2. The lowest BCUT2D eigenvalue weighted by Crippen LogP contribution is -2.27. The van der Waals surface area contributed by atoms with E-state index in [1.165, 1.54) is 13.8 Å². The Morgan fingerprint density at radius 3 is 1.67 bits per heavy atom. The van der Waals surface area contributed by atoms with E-state index in [4.69, 9.17) is 9.47 Å². The van der Waals surface area contributed by atoms with Crippen molar-refractivity contribution in [3.8, 4) is 0 Å². The van der Waals surface area contributed by atoms with Gasteiger partial charge in [0.2, 0.25) is 11.8 Å². The summed E-state index contributed by atoms with van der Waals surface area (Å²) in [6.07, 6.45) is 0.627. The smallest absolute Gasteiger partial charge is 0.340 e. The first kappa shape index (κ1) is 27.3. The highest BCUT2D eigenvalue weighted by Gasteiger charge is 2.28. The summed E-state index contributed by atoms with van der Waals surface area (Å²) in [5.74, 6) is -1.64. The average molecular weight is 756 g/mol. The molecule has 1 aromatic carbocycles. The molecule has 0 saturated carbocycles. The molecule has 8 nitrogen and oxygen atoms in total. The van der Waals surface area contributed by atoms with Crippen LogP contribution in [-0.4, -0.2) is 37.0 Å². The first-order chi connectivity index (χ1) is 13.8. The Hall–Kier alpha value is -0.710. The van der Waals surface area contributed by atoms with Gasteiger partial charge in [-0.15, -0.1) is 0 Å². The molecule has 1 rings (SSSR count). The molecule has 30 heavy (non-hydrogen) atoms. The number of hydrogen-bond acceptors (Lipinski definition) is 6. The summed E-state index contributed by atoms with van der Waals surface area (Å²) in [4.78, 5) is 48.0. The Morgan fingerprint density at radius 1 is 0.833 bits per heavy atom. The van der Waals surface area contributed by atoms with Gasteiger partial charge in [-0.25, -0.2) is 4.79 Å². The van der Waals surface area contributed by atoms with Crippen molar-refractivity contribution in [2.45, 2.75) is 41.0 Å². The molecule has 0 aliphatic heterocycles. The van der Waals surface area contributed by atoms with E-state index < -0.39 is 11.4 Å². The monoisotopic (exact) mass is 756 g/mol. The van der Waals surface area contributed by atoms with Crippen molar-refractivity contribution in [1.29, 1.82) is 0 Å². The van der Waals surface area contributed by atoms with Gasteiger partial charge in [0.1, 0.15) is 13.2 Å². The standard InChI is InChI=1S/C19H23I3N2O6/c1-6-19(4,5)18(28)30-8-7-29-17(27)11-12(20)15(23-9(2)25)14(22)16(13(11)21)24-10(3)26/h6-8H2,1-5H3,(H,23,25)(H,24,26). The summed E-state index contributed by atoms with van der Waals surface area (Å²) >= 11 is 5.91. The fourth-order valence-electron chi connectivity index (χ4n) is 2.10. The SMILES string of the molecule is CCC(C)(C)C(=O)OCCOC(=O)c1c(I)c(NC(C)=O)c(I)c(NC(C)=O)c1I. The molecule has 11 heteroatoms. The summed E-state index contributed by atoms with van der Waals surface area (Å²) in [5.41, 5.74) is 0.432. The molecule has 0 spiro atoms. The number of anilines is 2. The predicted octanol–water partition coefficient (Wildman–Crippen LogP) is 4.55. The molecule has 0 fully saturated rings. The summed E-state index contributed by atoms with van der Waals surface area (Å²) in [7, 11) is 0. The second-order valence-corrected chi connectivity index (χ2v) is 10.2. The molecule has 0 saturated heterocycles. The van der Waals surface area contributed by atoms with Crippen LogP contribution in [0.5, 0.6) is 0 Å². The number of esters is 2. The lowest BCUT2D eigenvalue weighted by atomic mass is 9.91. The zero-order chi connectivity index (χ0) is 23.2. The van der Waals surface area contributed by atoms with E-state index in [0.717, 1.165) is 0 Å². The van der Waals surface area contributed by atoms with Crippen LogP contribution in [0.15, 0.2) is 0 Å². The van der Waals surface area contributed by atoms with Crippen LogP contribution in [0.2, 0.25) is 0 Å². The van der Waals surface area contributed by atoms with Gasteiger partial charge in [-0.2, -0.15) is 0 Å². The number of ether oxygens (including phenoxy) is 2. The molecule has 0 aromatic heterocycles.